The summed E-state index contributed by atoms with van der Waals surface area (Å²) in [4.78, 5) is 7.82. The van der Waals surface area contributed by atoms with Gasteiger partial charge in [-0.25, -0.2) is 4.99 Å². The standard InChI is InChI=1S/C27H31N5O3/c28-25(29)31-16-4-5-19-17(11-16)18-12-26(34)8-7-15-3-6-20(33)23-21(15)27(26,24(35-23)22(18)32-19)9-10-30-13-14-1-2-14/h3-6,11,14,24,30,32-34H,1-2,7-10,12-13H2,(H4,28,29,31). The van der Waals surface area contributed by atoms with Gasteiger partial charge in [-0.2, -0.15) is 0 Å². The van der Waals surface area contributed by atoms with Gasteiger partial charge in [-0.15, -0.1) is 0 Å². The Kier molecular flexibility index (Phi) is 4.31. The van der Waals surface area contributed by atoms with Crippen molar-refractivity contribution in [1.29, 1.82) is 0 Å². The SMILES string of the molecule is NC(N)=Nc1ccc2[nH]c3c(c2c1)CC1(O)CCc2ccc(O)c4c2C1(CCNCC1CC1)C3O4. The highest BCUT2D eigenvalue weighted by molar-refractivity contribution is 5.90. The molecule has 4 aliphatic rings. The molecule has 3 aromatic rings. The number of nitrogens with two attached hydrogens (primary N) is 2. The van der Waals surface area contributed by atoms with Crippen molar-refractivity contribution in [3.05, 3.63) is 52.7 Å². The molecule has 0 saturated heterocycles. The summed E-state index contributed by atoms with van der Waals surface area (Å²) in [6.07, 6.45) is 4.82. The smallest absolute Gasteiger partial charge is 0.191 e. The lowest BCUT2D eigenvalue weighted by atomic mass is 9.52. The van der Waals surface area contributed by atoms with Crippen LogP contribution in [0.25, 0.3) is 10.9 Å². The van der Waals surface area contributed by atoms with Gasteiger partial charge in [-0.1, -0.05) is 6.07 Å². The molecule has 3 aliphatic carbocycles. The van der Waals surface area contributed by atoms with Gasteiger partial charge in [0.15, 0.2) is 23.6 Å². The van der Waals surface area contributed by atoms with Crippen LogP contribution in [-0.2, 0) is 18.3 Å². The van der Waals surface area contributed by atoms with Gasteiger partial charge >= 0.3 is 0 Å². The number of aromatic nitrogens is 1. The van der Waals surface area contributed by atoms with E-state index < -0.39 is 17.1 Å². The molecule has 0 radical (unpaired) electrons. The summed E-state index contributed by atoms with van der Waals surface area (Å²) in [7, 11) is 0. The van der Waals surface area contributed by atoms with Crippen LogP contribution in [0.15, 0.2) is 35.3 Å². The second-order valence-corrected chi connectivity index (χ2v) is 10.8. The molecule has 3 unspecified atom stereocenters. The number of fused-ring (bicyclic) bond motifs is 4. The average molecular weight is 474 g/mol. The summed E-state index contributed by atoms with van der Waals surface area (Å²) in [5, 5.41) is 27.9. The summed E-state index contributed by atoms with van der Waals surface area (Å²) < 4.78 is 6.61. The molecule has 2 heterocycles. The Bertz CT molecular complexity index is 1390. The van der Waals surface area contributed by atoms with Crippen molar-refractivity contribution in [2.45, 2.75) is 55.6 Å². The van der Waals surface area contributed by atoms with E-state index in [1.165, 1.54) is 18.4 Å². The van der Waals surface area contributed by atoms with E-state index in [1.54, 1.807) is 6.07 Å². The van der Waals surface area contributed by atoms with Gasteiger partial charge in [0.2, 0.25) is 0 Å². The first-order valence-corrected chi connectivity index (χ1v) is 12.6. The second-order valence-electron chi connectivity index (χ2n) is 10.8. The summed E-state index contributed by atoms with van der Waals surface area (Å²) in [6.45, 7) is 1.81. The fraction of sp³-hybridized carbons (Fsp3) is 0.444. The summed E-state index contributed by atoms with van der Waals surface area (Å²) in [6, 6.07) is 9.53. The Labute approximate surface area is 203 Å². The van der Waals surface area contributed by atoms with Crippen LogP contribution < -0.4 is 21.5 Å². The minimum absolute atomic E-state index is 0.00922. The zero-order valence-electron chi connectivity index (χ0n) is 19.6. The van der Waals surface area contributed by atoms with Crippen molar-refractivity contribution in [1.82, 2.24) is 10.3 Å². The molecule has 1 aliphatic heterocycles. The maximum absolute atomic E-state index is 12.5. The first kappa shape index (κ1) is 21.1. The lowest BCUT2D eigenvalue weighted by Gasteiger charge is -2.53. The van der Waals surface area contributed by atoms with Crippen LogP contribution in [0.5, 0.6) is 11.5 Å². The maximum atomic E-state index is 12.5. The highest BCUT2D eigenvalue weighted by Crippen LogP contribution is 2.67. The number of aromatic amines is 1. The molecule has 2 aromatic carbocycles. The van der Waals surface area contributed by atoms with Crippen LogP contribution in [0.4, 0.5) is 5.69 Å². The van der Waals surface area contributed by atoms with Gasteiger partial charge in [-0.3, -0.25) is 0 Å². The van der Waals surface area contributed by atoms with Gasteiger partial charge < -0.3 is 36.7 Å². The van der Waals surface area contributed by atoms with Crippen LogP contribution >= 0.6 is 0 Å². The molecule has 3 atom stereocenters. The zero-order chi connectivity index (χ0) is 23.9. The zero-order valence-corrected chi connectivity index (χ0v) is 19.6. The molecule has 1 fully saturated rings. The quantitative estimate of drug-likeness (QED) is 0.185. The van der Waals surface area contributed by atoms with E-state index >= 15 is 0 Å². The number of hydrogen-bond acceptors (Lipinski definition) is 5. The number of aliphatic imine (C=N–C) groups is 1. The molecule has 1 aromatic heterocycles. The number of rotatable bonds is 6. The van der Waals surface area contributed by atoms with Gasteiger partial charge in [0.05, 0.1) is 22.4 Å². The number of ether oxygens (including phenoxy) is 1. The second kappa shape index (κ2) is 7.15. The number of phenolic OH excluding ortho intramolecular Hbond substituents is 1. The Morgan fingerprint density at radius 2 is 2.09 bits per heavy atom. The molecule has 182 valence electrons. The van der Waals surface area contributed by atoms with E-state index in [2.05, 4.69) is 15.3 Å². The number of phenols is 1. The van der Waals surface area contributed by atoms with Crippen molar-refractivity contribution in [2.24, 2.45) is 22.4 Å². The lowest BCUT2D eigenvalue weighted by molar-refractivity contribution is -0.0997. The van der Waals surface area contributed by atoms with Gasteiger partial charge in [0.1, 0.15) is 0 Å². The van der Waals surface area contributed by atoms with E-state index in [0.29, 0.717) is 24.3 Å². The van der Waals surface area contributed by atoms with Crippen molar-refractivity contribution in [2.75, 3.05) is 13.1 Å². The highest BCUT2D eigenvalue weighted by Gasteiger charge is 2.67. The van der Waals surface area contributed by atoms with Crippen LogP contribution in [0, 0.1) is 5.92 Å². The molecule has 7 rings (SSSR count). The number of nitrogens with zero attached hydrogens (tertiary/aromatic N) is 1. The number of H-pyrrole nitrogens is 1. The Morgan fingerprint density at radius 1 is 1.23 bits per heavy atom. The van der Waals surface area contributed by atoms with Gasteiger partial charge in [0, 0.05) is 22.9 Å². The number of guanidine groups is 1. The average Bonchev–Trinajstić information content (AvgIpc) is 3.48. The fourth-order valence-electron chi connectivity index (χ4n) is 6.96. The minimum atomic E-state index is -1.00. The topological polar surface area (TPSA) is 142 Å². The molecule has 0 bridgehead atoms. The predicted molar refractivity (Wildman–Crippen MR) is 134 cm³/mol. The van der Waals surface area contributed by atoms with Crippen LogP contribution in [0.2, 0.25) is 0 Å². The fourth-order valence-corrected chi connectivity index (χ4v) is 6.96. The minimum Gasteiger partial charge on any atom is -0.504 e. The molecule has 0 amide bonds. The van der Waals surface area contributed by atoms with Gasteiger partial charge in [-0.05, 0) is 86.5 Å². The molecular formula is C27H31N5O3. The van der Waals surface area contributed by atoms with E-state index in [9.17, 15) is 10.2 Å². The number of aliphatic hydroxyl groups is 1. The molecule has 1 saturated carbocycles. The molecule has 8 N–H and O–H groups in total. The lowest BCUT2D eigenvalue weighted by Crippen LogP contribution is -2.61. The Hall–Kier alpha value is -3.23. The van der Waals surface area contributed by atoms with E-state index in [1.807, 2.05) is 24.3 Å². The number of benzene rings is 2. The predicted octanol–water partition coefficient (Wildman–Crippen LogP) is 2.77. The first-order chi connectivity index (χ1) is 16.9. The number of nitrogens with one attached hydrogen (secondary N) is 2. The van der Waals surface area contributed by atoms with Gasteiger partial charge in [0.25, 0.3) is 0 Å². The van der Waals surface area contributed by atoms with E-state index in [-0.39, 0.29) is 11.7 Å². The van der Waals surface area contributed by atoms with Crippen molar-refractivity contribution in [3.63, 3.8) is 0 Å². The summed E-state index contributed by atoms with van der Waals surface area (Å²) >= 11 is 0. The monoisotopic (exact) mass is 473 g/mol. The number of aromatic hydroxyl groups is 1. The van der Waals surface area contributed by atoms with E-state index in [4.69, 9.17) is 16.2 Å². The Balaban J connectivity index is 1.40. The molecule has 0 spiro atoms. The number of aryl methyl sites for hydroxylation is 1. The molecular weight excluding hydrogens is 442 g/mol. The molecule has 8 nitrogen and oxygen atoms in total. The summed E-state index contributed by atoms with van der Waals surface area (Å²) in [5.74, 6) is 1.46. The van der Waals surface area contributed by atoms with Crippen molar-refractivity contribution in [3.8, 4) is 11.5 Å². The molecule has 35 heavy (non-hydrogen) atoms. The summed E-state index contributed by atoms with van der Waals surface area (Å²) in [5.41, 5.74) is 15.4. The largest absolute Gasteiger partial charge is 0.504 e. The van der Waals surface area contributed by atoms with Crippen LogP contribution in [0.1, 0.15) is 54.2 Å². The maximum Gasteiger partial charge on any atom is 0.191 e. The number of hydrogen-bond donors (Lipinski definition) is 6. The molecule has 8 heteroatoms. The third-order valence-corrected chi connectivity index (χ3v) is 8.73. The normalized spacial score (nSPS) is 27.9. The van der Waals surface area contributed by atoms with Crippen molar-refractivity contribution >= 4 is 22.5 Å². The Morgan fingerprint density at radius 3 is 2.89 bits per heavy atom. The van der Waals surface area contributed by atoms with Crippen LogP contribution in [-0.4, -0.2) is 39.8 Å². The van der Waals surface area contributed by atoms with E-state index in [0.717, 1.165) is 59.6 Å². The van der Waals surface area contributed by atoms with Crippen molar-refractivity contribution < 1.29 is 14.9 Å². The third kappa shape index (κ3) is 2.90. The first-order valence-electron chi connectivity index (χ1n) is 12.6. The van der Waals surface area contributed by atoms with Crippen LogP contribution in [0.3, 0.4) is 0 Å². The third-order valence-electron chi connectivity index (χ3n) is 8.73. The highest BCUT2D eigenvalue weighted by atomic mass is 16.5.